The molecule has 5 rings (SSSR count). The van der Waals surface area contributed by atoms with E-state index in [0.29, 0.717) is 24.1 Å². The summed E-state index contributed by atoms with van der Waals surface area (Å²) in [6.07, 6.45) is 8.19. The fourth-order valence-electron chi connectivity index (χ4n) is 4.76. The average molecular weight is 487 g/mol. The van der Waals surface area contributed by atoms with E-state index < -0.39 is 0 Å². The number of pyridine rings is 1. The highest BCUT2D eigenvalue weighted by molar-refractivity contribution is 5.79. The van der Waals surface area contributed by atoms with E-state index in [-0.39, 0.29) is 0 Å². The first-order valence-electron chi connectivity index (χ1n) is 13.0. The van der Waals surface area contributed by atoms with Crippen LogP contribution in [-0.4, -0.2) is 39.2 Å². The number of ether oxygens (including phenoxy) is 1. The predicted molar refractivity (Wildman–Crippen MR) is 149 cm³/mol. The quantitative estimate of drug-likeness (QED) is 0.411. The number of anilines is 1. The van der Waals surface area contributed by atoms with Crippen molar-refractivity contribution in [2.75, 3.05) is 18.9 Å². The van der Waals surface area contributed by atoms with Gasteiger partial charge in [-0.1, -0.05) is 39.8 Å². The van der Waals surface area contributed by atoms with Gasteiger partial charge in [0.1, 0.15) is 12.4 Å². The van der Waals surface area contributed by atoms with E-state index in [1.165, 1.54) is 24.1 Å². The number of allylic oxidation sites excluding steroid dienone is 2. The monoisotopic (exact) mass is 486 g/mol. The number of aliphatic imine (C=N–C) groups is 1. The van der Waals surface area contributed by atoms with E-state index in [0.717, 1.165) is 59.6 Å². The molecule has 1 aromatic carbocycles. The van der Waals surface area contributed by atoms with E-state index in [1.54, 1.807) is 0 Å². The number of aromatic nitrogens is 3. The molecule has 2 aromatic heterocycles. The Morgan fingerprint density at radius 1 is 1.31 bits per heavy atom. The second kappa shape index (κ2) is 11.4. The van der Waals surface area contributed by atoms with Crippen LogP contribution in [0.5, 0.6) is 5.75 Å². The Balaban J connectivity index is 0.000000967. The van der Waals surface area contributed by atoms with Gasteiger partial charge in [-0.3, -0.25) is 4.99 Å². The lowest BCUT2D eigenvalue weighted by Crippen LogP contribution is -2.27. The Kier molecular flexibility index (Phi) is 8.08. The van der Waals surface area contributed by atoms with Crippen molar-refractivity contribution < 1.29 is 4.74 Å². The normalized spacial score (nSPS) is 17.9. The number of hydrogen-bond donors (Lipinski definition) is 2. The molecule has 0 saturated carbocycles. The number of rotatable bonds is 4. The lowest BCUT2D eigenvalue weighted by molar-refractivity contribution is 0.265. The molecule has 190 valence electrons. The van der Waals surface area contributed by atoms with Crippen LogP contribution >= 0.6 is 0 Å². The Morgan fingerprint density at radius 3 is 2.89 bits per heavy atom. The molecule has 1 aliphatic heterocycles. The fraction of sp³-hybridized carbons (Fsp3) is 0.414. The highest BCUT2D eigenvalue weighted by Crippen LogP contribution is 2.37. The minimum absolute atomic E-state index is 0.373. The third-order valence-corrected chi connectivity index (χ3v) is 6.52. The Morgan fingerprint density at radius 2 is 2.11 bits per heavy atom. The minimum Gasteiger partial charge on any atom is -0.491 e. The zero-order chi connectivity index (χ0) is 25.7. The molecule has 3 heterocycles. The SMILES string of the molecule is C=C(C1=C(N=CC)CC(C)CC1)N1CCOc2ccc(-c3cnc4nc(N)[nH]c4c3)cc2C1.CCC. The number of imidazole rings is 1. The van der Waals surface area contributed by atoms with E-state index in [1.807, 2.05) is 25.4 Å². The largest absolute Gasteiger partial charge is 0.491 e. The maximum absolute atomic E-state index is 6.10. The fourth-order valence-corrected chi connectivity index (χ4v) is 4.76. The smallest absolute Gasteiger partial charge is 0.200 e. The van der Waals surface area contributed by atoms with Gasteiger partial charge in [-0.25, -0.2) is 4.98 Å². The molecule has 0 saturated heterocycles. The van der Waals surface area contributed by atoms with Crippen LogP contribution in [0.15, 0.2) is 59.0 Å². The molecule has 7 nitrogen and oxygen atoms in total. The molecule has 1 atom stereocenters. The molecule has 3 N–H and O–H groups in total. The number of fused-ring (bicyclic) bond motifs is 2. The number of nitrogens with two attached hydrogens (primary N) is 1. The van der Waals surface area contributed by atoms with Crippen molar-refractivity contribution >= 4 is 23.3 Å². The van der Waals surface area contributed by atoms with Crippen molar-refractivity contribution in [3.05, 3.63) is 59.6 Å². The molecule has 1 unspecified atom stereocenters. The first-order chi connectivity index (χ1) is 17.4. The molecular weight excluding hydrogens is 448 g/mol. The molecule has 0 spiro atoms. The summed E-state index contributed by atoms with van der Waals surface area (Å²) in [5.41, 5.74) is 14.0. The molecular formula is C29H38N6O. The number of benzene rings is 1. The number of aromatic amines is 1. The van der Waals surface area contributed by atoms with Crippen LogP contribution in [0.3, 0.4) is 0 Å². The zero-order valence-corrected chi connectivity index (χ0v) is 22.0. The van der Waals surface area contributed by atoms with Gasteiger partial charge in [-0.2, -0.15) is 4.98 Å². The number of nitrogens with zero attached hydrogens (tertiary/aromatic N) is 4. The summed E-state index contributed by atoms with van der Waals surface area (Å²) in [5, 5.41) is 0. The summed E-state index contributed by atoms with van der Waals surface area (Å²) in [7, 11) is 0. The summed E-state index contributed by atoms with van der Waals surface area (Å²) in [6.45, 7) is 15.2. The molecule has 0 radical (unpaired) electrons. The summed E-state index contributed by atoms with van der Waals surface area (Å²) < 4.78 is 6.10. The molecule has 7 heteroatoms. The molecule has 0 amide bonds. The van der Waals surface area contributed by atoms with Gasteiger partial charge in [0.05, 0.1) is 12.1 Å². The zero-order valence-electron chi connectivity index (χ0n) is 22.0. The van der Waals surface area contributed by atoms with E-state index in [9.17, 15) is 0 Å². The van der Waals surface area contributed by atoms with Crippen LogP contribution in [0.2, 0.25) is 0 Å². The van der Waals surface area contributed by atoms with Gasteiger partial charge in [0.2, 0.25) is 0 Å². The van der Waals surface area contributed by atoms with Crippen LogP contribution in [0, 0.1) is 5.92 Å². The summed E-state index contributed by atoms with van der Waals surface area (Å²) in [4.78, 5) is 18.7. The van der Waals surface area contributed by atoms with Crippen molar-refractivity contribution in [1.29, 1.82) is 0 Å². The minimum atomic E-state index is 0.373. The highest BCUT2D eigenvalue weighted by atomic mass is 16.5. The van der Waals surface area contributed by atoms with Crippen LogP contribution in [0.4, 0.5) is 5.95 Å². The van der Waals surface area contributed by atoms with E-state index in [4.69, 9.17) is 15.5 Å². The van der Waals surface area contributed by atoms with Gasteiger partial charge in [-0.15, -0.1) is 0 Å². The number of H-pyrrole nitrogens is 1. The summed E-state index contributed by atoms with van der Waals surface area (Å²) in [6, 6.07) is 8.35. The third kappa shape index (κ3) is 5.61. The van der Waals surface area contributed by atoms with E-state index in [2.05, 4.69) is 65.4 Å². The van der Waals surface area contributed by atoms with Crippen molar-refractivity contribution in [2.24, 2.45) is 10.9 Å². The van der Waals surface area contributed by atoms with Crippen molar-refractivity contribution in [3.63, 3.8) is 0 Å². The number of nitrogen functional groups attached to an aromatic ring is 1. The Bertz CT molecular complexity index is 1290. The Hall–Kier alpha value is -3.61. The molecule has 2 aliphatic rings. The topological polar surface area (TPSA) is 92.4 Å². The van der Waals surface area contributed by atoms with Crippen LogP contribution in [0.1, 0.15) is 58.9 Å². The summed E-state index contributed by atoms with van der Waals surface area (Å²) in [5.74, 6) is 1.96. The van der Waals surface area contributed by atoms with Crippen LogP contribution < -0.4 is 10.5 Å². The van der Waals surface area contributed by atoms with Gasteiger partial charge in [0.15, 0.2) is 11.6 Å². The lowest BCUT2D eigenvalue weighted by atomic mass is 9.87. The standard InChI is InChI=1S/C26H30N6O.C3H8/c1-4-28-22-11-16(2)5-7-21(22)17(3)32-9-10-33-24-8-6-18(12-20(24)15-32)19-13-23-25(29-14-19)31-26(27)30-23;1-3-2/h4,6,8,12-14,16H,3,5,7,9-11,15H2,1-2H3,(H3,27,29,30,31);3H2,1-2H3. The first-order valence-corrected chi connectivity index (χ1v) is 13.0. The van der Waals surface area contributed by atoms with E-state index >= 15 is 0 Å². The first kappa shape index (κ1) is 25.5. The Labute approximate surface area is 214 Å². The van der Waals surface area contributed by atoms with Crippen LogP contribution in [0.25, 0.3) is 22.3 Å². The highest BCUT2D eigenvalue weighted by Gasteiger charge is 2.24. The molecule has 36 heavy (non-hydrogen) atoms. The molecule has 0 fully saturated rings. The van der Waals surface area contributed by atoms with Gasteiger partial charge in [-0.05, 0) is 61.4 Å². The predicted octanol–water partition coefficient (Wildman–Crippen LogP) is 6.50. The number of nitrogens with one attached hydrogen (secondary N) is 1. The third-order valence-electron chi connectivity index (χ3n) is 6.52. The average Bonchev–Trinajstić information content (AvgIpc) is 3.10. The maximum atomic E-state index is 6.10. The second-order valence-electron chi connectivity index (χ2n) is 9.62. The lowest BCUT2D eigenvalue weighted by Gasteiger charge is -2.30. The van der Waals surface area contributed by atoms with Crippen molar-refractivity contribution in [2.45, 2.75) is 59.9 Å². The van der Waals surface area contributed by atoms with Crippen molar-refractivity contribution in [1.82, 2.24) is 19.9 Å². The summed E-state index contributed by atoms with van der Waals surface area (Å²) >= 11 is 0. The van der Waals surface area contributed by atoms with Crippen LogP contribution in [-0.2, 0) is 6.54 Å². The molecule has 1 aliphatic carbocycles. The molecule has 0 bridgehead atoms. The number of hydrogen-bond acceptors (Lipinski definition) is 6. The maximum Gasteiger partial charge on any atom is 0.200 e. The van der Waals surface area contributed by atoms with Gasteiger partial charge in [0.25, 0.3) is 0 Å². The van der Waals surface area contributed by atoms with Gasteiger partial charge in [0, 0.05) is 41.5 Å². The molecule has 3 aromatic rings. The second-order valence-corrected chi connectivity index (χ2v) is 9.62. The van der Waals surface area contributed by atoms with Crippen molar-refractivity contribution in [3.8, 4) is 16.9 Å². The van der Waals surface area contributed by atoms with Gasteiger partial charge < -0.3 is 20.4 Å². The van der Waals surface area contributed by atoms with Gasteiger partial charge >= 0.3 is 0 Å².